The van der Waals surface area contributed by atoms with Crippen LogP contribution in [0.2, 0.25) is 0 Å². The highest BCUT2D eigenvalue weighted by atomic mass is 79.9. The number of carbonyl (C=O) groups excluding carboxylic acids is 2. The Morgan fingerprint density at radius 1 is 1.36 bits per heavy atom. The Morgan fingerprint density at radius 3 is 2.64 bits per heavy atom. The van der Waals surface area contributed by atoms with Crippen LogP contribution in [0, 0.1) is 5.92 Å². The molecule has 1 aromatic rings. The lowest BCUT2D eigenvalue weighted by atomic mass is 10.0. The Bertz CT molecular complexity index is 569. The number of hydrogen-bond donors (Lipinski definition) is 0. The highest BCUT2D eigenvalue weighted by Crippen LogP contribution is 2.26. The van der Waals surface area contributed by atoms with Gasteiger partial charge in [0.2, 0.25) is 5.91 Å². The summed E-state index contributed by atoms with van der Waals surface area (Å²) in [4.78, 5) is 27.8. The van der Waals surface area contributed by atoms with Gasteiger partial charge in [0.25, 0.3) is 5.91 Å². The van der Waals surface area contributed by atoms with Gasteiger partial charge in [-0.15, -0.1) is 0 Å². The van der Waals surface area contributed by atoms with Gasteiger partial charge < -0.3 is 14.2 Å². The van der Waals surface area contributed by atoms with Crippen LogP contribution in [0.3, 0.4) is 0 Å². The van der Waals surface area contributed by atoms with Gasteiger partial charge in [0.1, 0.15) is 0 Å². The number of halogens is 2. The van der Waals surface area contributed by atoms with E-state index in [-0.39, 0.29) is 23.8 Å². The zero-order valence-corrected chi connectivity index (χ0v) is 13.7. The molecule has 0 aliphatic carbocycles. The third kappa shape index (κ3) is 3.04. The maximum atomic E-state index is 12.7. The van der Waals surface area contributed by atoms with E-state index in [1.54, 1.807) is 21.9 Å². The average molecular weight is 373 g/mol. The second-order valence-electron chi connectivity index (χ2n) is 5.90. The van der Waals surface area contributed by atoms with Gasteiger partial charge in [0, 0.05) is 38.0 Å². The van der Waals surface area contributed by atoms with E-state index in [9.17, 15) is 14.0 Å². The Kier molecular flexibility index (Phi) is 4.52. The van der Waals surface area contributed by atoms with E-state index >= 15 is 0 Å². The molecule has 7 heteroatoms. The summed E-state index contributed by atoms with van der Waals surface area (Å²) < 4.78 is 18.5. The number of piperidine rings is 1. The smallest absolute Gasteiger partial charge is 0.289 e. The molecule has 2 aliphatic rings. The molecule has 0 spiro atoms. The Hall–Kier alpha value is -1.37. The molecule has 120 valence electrons. The summed E-state index contributed by atoms with van der Waals surface area (Å²) in [6, 6.07) is 3.46. The van der Waals surface area contributed by atoms with Crippen LogP contribution in [0.25, 0.3) is 0 Å². The topological polar surface area (TPSA) is 53.8 Å². The first-order valence-electron chi connectivity index (χ1n) is 7.48. The number of carbonyl (C=O) groups is 2. The number of furan rings is 1. The normalized spacial score (nSPS) is 23.4. The van der Waals surface area contributed by atoms with Gasteiger partial charge in [-0.2, -0.15) is 0 Å². The van der Waals surface area contributed by atoms with Crippen molar-refractivity contribution in [2.75, 3.05) is 26.3 Å². The van der Waals surface area contributed by atoms with Crippen LogP contribution < -0.4 is 0 Å². The maximum absolute atomic E-state index is 12.7. The van der Waals surface area contributed by atoms with E-state index < -0.39 is 6.67 Å². The number of nitrogens with zero attached hydrogens (tertiary/aromatic N) is 2. The monoisotopic (exact) mass is 372 g/mol. The van der Waals surface area contributed by atoms with Gasteiger partial charge >= 0.3 is 0 Å². The van der Waals surface area contributed by atoms with Crippen molar-refractivity contribution in [2.24, 2.45) is 5.92 Å². The third-order valence-corrected chi connectivity index (χ3v) is 4.86. The lowest BCUT2D eigenvalue weighted by Gasteiger charge is -2.36. The van der Waals surface area contributed by atoms with Gasteiger partial charge in [-0.3, -0.25) is 14.0 Å². The number of rotatable bonds is 3. The molecule has 2 fully saturated rings. The van der Waals surface area contributed by atoms with Crippen LogP contribution >= 0.6 is 15.9 Å². The fourth-order valence-corrected chi connectivity index (χ4v) is 3.54. The van der Waals surface area contributed by atoms with Crippen LogP contribution in [0.15, 0.2) is 21.2 Å². The largest absolute Gasteiger partial charge is 0.444 e. The minimum Gasteiger partial charge on any atom is -0.444 e. The molecule has 22 heavy (non-hydrogen) atoms. The van der Waals surface area contributed by atoms with E-state index in [1.165, 1.54) is 0 Å². The van der Waals surface area contributed by atoms with Gasteiger partial charge in [-0.05, 0) is 40.9 Å². The molecule has 1 aromatic heterocycles. The molecule has 1 atom stereocenters. The molecule has 3 rings (SSSR count). The van der Waals surface area contributed by atoms with Gasteiger partial charge in [0.15, 0.2) is 10.4 Å². The van der Waals surface area contributed by atoms with Gasteiger partial charge in [-0.1, -0.05) is 0 Å². The first kappa shape index (κ1) is 15.5. The van der Waals surface area contributed by atoms with Gasteiger partial charge in [-0.25, -0.2) is 0 Å². The Balaban J connectivity index is 1.56. The third-order valence-electron chi connectivity index (χ3n) is 4.43. The van der Waals surface area contributed by atoms with E-state index in [2.05, 4.69) is 15.9 Å². The van der Waals surface area contributed by atoms with Crippen molar-refractivity contribution in [1.29, 1.82) is 0 Å². The maximum Gasteiger partial charge on any atom is 0.289 e. The van der Waals surface area contributed by atoms with E-state index in [1.807, 2.05) is 0 Å². The minimum absolute atomic E-state index is 0.0439. The van der Waals surface area contributed by atoms with Crippen molar-refractivity contribution in [3.8, 4) is 0 Å². The van der Waals surface area contributed by atoms with Crippen LogP contribution in [0.4, 0.5) is 4.39 Å². The molecule has 0 N–H and O–H groups in total. The van der Waals surface area contributed by atoms with Crippen LogP contribution in [0.5, 0.6) is 0 Å². The molecular weight excluding hydrogens is 355 g/mol. The molecule has 3 heterocycles. The zero-order chi connectivity index (χ0) is 15.7. The molecule has 0 bridgehead atoms. The Morgan fingerprint density at radius 2 is 2.09 bits per heavy atom. The molecule has 2 amide bonds. The van der Waals surface area contributed by atoms with Crippen molar-refractivity contribution in [3.05, 3.63) is 22.6 Å². The van der Waals surface area contributed by atoms with Crippen molar-refractivity contribution in [2.45, 2.75) is 25.3 Å². The predicted molar refractivity (Wildman–Crippen MR) is 81.1 cm³/mol. The summed E-state index contributed by atoms with van der Waals surface area (Å²) in [5.74, 6) is 0.0774. The standard InChI is InChI=1S/C15H18BrFN2O3/c16-13-2-1-12(22-13)15(21)18-5-3-11(4-6-18)19-9-10(8-17)7-14(19)20/h1-2,10-11H,3-9H2. The van der Waals surface area contributed by atoms with Crippen LogP contribution in [-0.4, -0.2) is 54.0 Å². The van der Waals surface area contributed by atoms with Crippen molar-refractivity contribution < 1.29 is 18.4 Å². The number of hydrogen-bond acceptors (Lipinski definition) is 3. The number of likely N-dealkylation sites (tertiary alicyclic amines) is 2. The molecule has 0 saturated carbocycles. The second-order valence-corrected chi connectivity index (χ2v) is 6.68. The lowest BCUT2D eigenvalue weighted by Crippen LogP contribution is -2.47. The Labute approximate surface area is 136 Å². The molecule has 0 aromatic carbocycles. The van der Waals surface area contributed by atoms with Crippen molar-refractivity contribution in [3.63, 3.8) is 0 Å². The van der Waals surface area contributed by atoms with Crippen molar-refractivity contribution in [1.82, 2.24) is 9.80 Å². The summed E-state index contributed by atoms with van der Waals surface area (Å²) in [6.07, 6.45) is 1.78. The first-order valence-corrected chi connectivity index (χ1v) is 8.28. The summed E-state index contributed by atoms with van der Waals surface area (Å²) in [6.45, 7) is 1.25. The quantitative estimate of drug-likeness (QED) is 0.818. The average Bonchev–Trinajstić information content (AvgIpc) is 3.12. The molecule has 1 unspecified atom stereocenters. The van der Waals surface area contributed by atoms with Crippen LogP contribution in [-0.2, 0) is 4.79 Å². The van der Waals surface area contributed by atoms with E-state index in [4.69, 9.17) is 4.42 Å². The van der Waals surface area contributed by atoms with E-state index in [0.717, 1.165) is 12.8 Å². The number of alkyl halides is 1. The fraction of sp³-hybridized carbons (Fsp3) is 0.600. The highest BCUT2D eigenvalue weighted by Gasteiger charge is 2.36. The summed E-state index contributed by atoms with van der Waals surface area (Å²) in [5.41, 5.74) is 0. The lowest BCUT2D eigenvalue weighted by molar-refractivity contribution is -0.130. The molecule has 0 radical (unpaired) electrons. The predicted octanol–water partition coefficient (Wildman–Crippen LogP) is 2.46. The minimum atomic E-state index is -0.438. The first-order chi connectivity index (χ1) is 10.6. The molecule has 5 nitrogen and oxygen atoms in total. The summed E-state index contributed by atoms with van der Waals surface area (Å²) in [5, 5.41) is 0. The van der Waals surface area contributed by atoms with Crippen LogP contribution in [0.1, 0.15) is 29.8 Å². The van der Waals surface area contributed by atoms with E-state index in [0.29, 0.717) is 36.5 Å². The zero-order valence-electron chi connectivity index (χ0n) is 12.1. The second kappa shape index (κ2) is 6.40. The molecule has 2 aliphatic heterocycles. The van der Waals surface area contributed by atoms with Crippen molar-refractivity contribution >= 4 is 27.7 Å². The molecular formula is C15H18BrFN2O3. The summed E-state index contributed by atoms with van der Waals surface area (Å²) >= 11 is 3.19. The highest BCUT2D eigenvalue weighted by molar-refractivity contribution is 9.10. The van der Waals surface area contributed by atoms with Gasteiger partial charge in [0.05, 0.1) is 6.67 Å². The number of amides is 2. The molecule has 2 saturated heterocycles. The fourth-order valence-electron chi connectivity index (χ4n) is 3.23. The summed E-state index contributed by atoms with van der Waals surface area (Å²) in [7, 11) is 0. The SMILES string of the molecule is O=C(c1ccc(Br)o1)N1CCC(N2CC(CF)CC2=O)CC1.